The van der Waals surface area contributed by atoms with Crippen molar-refractivity contribution in [3.63, 3.8) is 0 Å². The highest BCUT2D eigenvalue weighted by Gasteiger charge is 2.13. The molecule has 0 unspecified atom stereocenters. The van der Waals surface area contributed by atoms with Gasteiger partial charge in [-0.3, -0.25) is 9.97 Å². The summed E-state index contributed by atoms with van der Waals surface area (Å²) in [5.41, 5.74) is 11.4. The van der Waals surface area contributed by atoms with Crippen LogP contribution in [0.25, 0.3) is 78.0 Å². The SMILES string of the molecule is c1ccc(-c2cc(-c3ccc(-c4ccnc5ccccc45)cc3)nc(-c3ccc(-c4ccnc5ccccc45)cc3)n2)cc1. The fourth-order valence-corrected chi connectivity index (χ4v) is 5.80. The minimum absolute atomic E-state index is 0.691. The van der Waals surface area contributed by atoms with E-state index in [0.29, 0.717) is 5.82 Å². The van der Waals surface area contributed by atoms with E-state index in [1.807, 2.05) is 54.9 Å². The van der Waals surface area contributed by atoms with Crippen LogP contribution in [0, 0.1) is 0 Å². The fraction of sp³-hybridized carbons (Fsp3) is 0. The molecule has 0 amide bonds. The minimum atomic E-state index is 0.691. The van der Waals surface area contributed by atoms with Crippen molar-refractivity contribution in [2.75, 3.05) is 0 Å². The normalized spacial score (nSPS) is 11.2. The van der Waals surface area contributed by atoms with Crippen LogP contribution in [0.1, 0.15) is 0 Å². The molecular formula is C40H26N4. The summed E-state index contributed by atoms with van der Waals surface area (Å²) in [7, 11) is 0. The van der Waals surface area contributed by atoms with Gasteiger partial charge in [0.25, 0.3) is 0 Å². The zero-order chi connectivity index (χ0) is 29.3. The van der Waals surface area contributed by atoms with Crippen molar-refractivity contribution >= 4 is 21.8 Å². The summed E-state index contributed by atoms with van der Waals surface area (Å²) in [5.74, 6) is 0.691. The van der Waals surface area contributed by atoms with Gasteiger partial charge in [-0.2, -0.15) is 0 Å². The molecule has 4 nitrogen and oxygen atoms in total. The van der Waals surface area contributed by atoms with Gasteiger partial charge in [0.2, 0.25) is 0 Å². The first-order valence-electron chi connectivity index (χ1n) is 14.6. The van der Waals surface area contributed by atoms with Crippen LogP contribution in [0.3, 0.4) is 0 Å². The highest BCUT2D eigenvalue weighted by atomic mass is 14.9. The van der Waals surface area contributed by atoms with E-state index >= 15 is 0 Å². The maximum atomic E-state index is 5.07. The maximum Gasteiger partial charge on any atom is 0.160 e. The monoisotopic (exact) mass is 562 g/mol. The average molecular weight is 563 g/mol. The lowest BCUT2D eigenvalue weighted by molar-refractivity contribution is 1.18. The van der Waals surface area contributed by atoms with E-state index in [0.717, 1.165) is 72.1 Å². The largest absolute Gasteiger partial charge is 0.256 e. The third kappa shape index (κ3) is 4.79. The molecule has 0 spiro atoms. The van der Waals surface area contributed by atoms with Crippen molar-refractivity contribution in [3.8, 4) is 56.2 Å². The quantitative estimate of drug-likeness (QED) is 0.209. The number of nitrogens with zero attached hydrogens (tertiary/aromatic N) is 4. The second-order valence-electron chi connectivity index (χ2n) is 10.7. The molecule has 206 valence electrons. The van der Waals surface area contributed by atoms with Gasteiger partial charge in [0.15, 0.2) is 5.82 Å². The molecular weight excluding hydrogens is 536 g/mol. The molecule has 0 N–H and O–H groups in total. The molecule has 0 aliphatic heterocycles. The van der Waals surface area contributed by atoms with Crippen LogP contribution >= 0.6 is 0 Å². The van der Waals surface area contributed by atoms with Crippen molar-refractivity contribution in [1.29, 1.82) is 0 Å². The maximum absolute atomic E-state index is 5.07. The molecule has 0 bridgehead atoms. The van der Waals surface area contributed by atoms with E-state index < -0.39 is 0 Å². The van der Waals surface area contributed by atoms with Crippen LogP contribution in [-0.4, -0.2) is 19.9 Å². The first kappa shape index (κ1) is 25.7. The molecule has 5 aromatic carbocycles. The van der Waals surface area contributed by atoms with Crippen LogP contribution < -0.4 is 0 Å². The van der Waals surface area contributed by atoms with Crippen molar-refractivity contribution in [2.45, 2.75) is 0 Å². The molecule has 0 aliphatic carbocycles. The molecule has 4 heteroatoms. The molecule has 0 atom stereocenters. The Morgan fingerprint density at radius 1 is 0.341 bits per heavy atom. The number of hydrogen-bond acceptors (Lipinski definition) is 4. The van der Waals surface area contributed by atoms with E-state index in [2.05, 4.69) is 113 Å². The Morgan fingerprint density at radius 3 is 1.32 bits per heavy atom. The van der Waals surface area contributed by atoms with Gasteiger partial charge in [-0.25, -0.2) is 9.97 Å². The second kappa shape index (κ2) is 11.0. The zero-order valence-electron chi connectivity index (χ0n) is 23.8. The number of benzene rings is 5. The topological polar surface area (TPSA) is 51.6 Å². The van der Waals surface area contributed by atoms with E-state index in [4.69, 9.17) is 9.97 Å². The highest BCUT2D eigenvalue weighted by Crippen LogP contribution is 2.33. The van der Waals surface area contributed by atoms with Gasteiger partial charge in [0.1, 0.15) is 0 Å². The van der Waals surface area contributed by atoms with E-state index in [1.165, 1.54) is 0 Å². The third-order valence-corrected chi connectivity index (χ3v) is 8.04. The minimum Gasteiger partial charge on any atom is -0.256 e. The Labute approximate surface area is 255 Å². The number of pyridine rings is 2. The Bertz CT molecular complexity index is 2110. The molecule has 8 rings (SSSR count). The van der Waals surface area contributed by atoms with Crippen LogP contribution in [-0.2, 0) is 0 Å². The molecule has 8 aromatic rings. The van der Waals surface area contributed by atoms with E-state index in [9.17, 15) is 0 Å². The number of rotatable bonds is 5. The first-order valence-corrected chi connectivity index (χ1v) is 14.6. The van der Waals surface area contributed by atoms with Gasteiger partial charge in [-0.1, -0.05) is 115 Å². The molecule has 3 heterocycles. The predicted octanol–water partition coefficient (Wildman–Crippen LogP) is 9.91. The molecule has 0 saturated carbocycles. The van der Waals surface area contributed by atoms with Gasteiger partial charge in [0.05, 0.1) is 22.4 Å². The van der Waals surface area contributed by atoms with E-state index in [1.54, 1.807) is 0 Å². The molecule has 3 aromatic heterocycles. The van der Waals surface area contributed by atoms with Crippen LogP contribution in [0.2, 0.25) is 0 Å². The van der Waals surface area contributed by atoms with Crippen LogP contribution in [0.4, 0.5) is 0 Å². The van der Waals surface area contributed by atoms with Crippen LogP contribution in [0.15, 0.2) is 158 Å². The summed E-state index contributed by atoms with van der Waals surface area (Å²) >= 11 is 0. The number of aromatic nitrogens is 4. The summed E-state index contributed by atoms with van der Waals surface area (Å²) in [6, 6.07) is 50.1. The summed E-state index contributed by atoms with van der Waals surface area (Å²) in [5, 5.41) is 2.28. The Balaban J connectivity index is 1.19. The van der Waals surface area contributed by atoms with E-state index in [-0.39, 0.29) is 0 Å². The van der Waals surface area contributed by atoms with Crippen molar-refractivity contribution in [3.05, 3.63) is 158 Å². The van der Waals surface area contributed by atoms with Crippen LogP contribution in [0.5, 0.6) is 0 Å². The van der Waals surface area contributed by atoms with Gasteiger partial charge in [-0.15, -0.1) is 0 Å². The molecule has 0 radical (unpaired) electrons. The molecule has 0 aliphatic rings. The predicted molar refractivity (Wildman–Crippen MR) is 180 cm³/mol. The molecule has 44 heavy (non-hydrogen) atoms. The van der Waals surface area contributed by atoms with Gasteiger partial charge >= 0.3 is 0 Å². The summed E-state index contributed by atoms with van der Waals surface area (Å²) in [6.45, 7) is 0. The second-order valence-corrected chi connectivity index (χ2v) is 10.7. The molecule has 0 fully saturated rings. The van der Waals surface area contributed by atoms with Gasteiger partial charge < -0.3 is 0 Å². The lowest BCUT2D eigenvalue weighted by Crippen LogP contribution is -1.96. The highest BCUT2D eigenvalue weighted by molar-refractivity contribution is 5.95. The smallest absolute Gasteiger partial charge is 0.160 e. The zero-order valence-corrected chi connectivity index (χ0v) is 23.8. The van der Waals surface area contributed by atoms with Crippen molar-refractivity contribution in [1.82, 2.24) is 19.9 Å². The van der Waals surface area contributed by atoms with Gasteiger partial charge in [-0.05, 0) is 52.6 Å². The van der Waals surface area contributed by atoms with Crippen molar-refractivity contribution in [2.24, 2.45) is 0 Å². The van der Waals surface area contributed by atoms with Gasteiger partial charge in [0, 0.05) is 39.9 Å². The standard InChI is InChI=1S/C40H26N4/c1-2-8-29(9-3-1)38-26-39(30-18-14-27(15-19-30)32-22-24-41-36-12-6-4-10-34(32)36)44-40(43-38)31-20-16-28(17-21-31)33-23-25-42-37-13-7-5-11-35(33)37/h1-26H. The first-order chi connectivity index (χ1) is 21.8. The Hall–Kier alpha value is -6.00. The number of hydrogen-bond donors (Lipinski definition) is 0. The Kier molecular flexibility index (Phi) is 6.43. The number of fused-ring (bicyclic) bond motifs is 2. The molecule has 0 saturated heterocycles. The summed E-state index contributed by atoms with van der Waals surface area (Å²) < 4.78 is 0. The fourth-order valence-electron chi connectivity index (χ4n) is 5.80. The Morgan fingerprint density at radius 2 is 0.773 bits per heavy atom. The summed E-state index contributed by atoms with van der Waals surface area (Å²) in [4.78, 5) is 19.1. The lowest BCUT2D eigenvalue weighted by atomic mass is 9.99. The average Bonchev–Trinajstić information content (AvgIpc) is 3.11. The third-order valence-electron chi connectivity index (χ3n) is 8.04. The lowest BCUT2D eigenvalue weighted by Gasteiger charge is -2.11. The number of para-hydroxylation sites is 2. The summed E-state index contributed by atoms with van der Waals surface area (Å²) in [6.07, 6.45) is 3.74. The van der Waals surface area contributed by atoms with Crippen molar-refractivity contribution < 1.29 is 0 Å².